The van der Waals surface area contributed by atoms with Crippen LogP contribution in [0.15, 0.2) is 24.4 Å². The number of hydrogen-bond acceptors (Lipinski definition) is 4. The highest BCUT2D eigenvalue weighted by molar-refractivity contribution is 5.33. The molecular formula is C10H10F3N5. The molecule has 96 valence electrons. The molecule has 2 aromatic rings. The fourth-order valence-electron chi connectivity index (χ4n) is 1.33. The summed E-state index contributed by atoms with van der Waals surface area (Å²) < 4.78 is 36.7. The van der Waals surface area contributed by atoms with Crippen molar-refractivity contribution in [1.29, 1.82) is 0 Å². The first-order valence-electron chi connectivity index (χ1n) is 5.19. The zero-order valence-electron chi connectivity index (χ0n) is 9.20. The van der Waals surface area contributed by atoms with Crippen molar-refractivity contribution in [2.24, 2.45) is 0 Å². The van der Waals surface area contributed by atoms with Gasteiger partial charge in [-0.25, -0.2) is 0 Å². The van der Waals surface area contributed by atoms with Crippen molar-refractivity contribution in [3.05, 3.63) is 35.8 Å². The molecule has 0 aliphatic heterocycles. The quantitative estimate of drug-likeness (QED) is 0.877. The summed E-state index contributed by atoms with van der Waals surface area (Å²) in [5.74, 6) is 0.308. The van der Waals surface area contributed by atoms with E-state index in [9.17, 15) is 13.2 Å². The number of aromatic amines is 1. The Bertz CT molecular complexity index is 477. The molecule has 18 heavy (non-hydrogen) atoms. The zero-order chi connectivity index (χ0) is 13.0. The van der Waals surface area contributed by atoms with Crippen LogP contribution in [0, 0.1) is 0 Å². The van der Waals surface area contributed by atoms with E-state index >= 15 is 0 Å². The monoisotopic (exact) mass is 257 g/mol. The molecule has 0 unspecified atom stereocenters. The zero-order valence-corrected chi connectivity index (χ0v) is 9.20. The van der Waals surface area contributed by atoms with E-state index in [0.29, 0.717) is 18.8 Å². The Kier molecular flexibility index (Phi) is 3.45. The average Bonchev–Trinajstić information content (AvgIpc) is 2.82. The number of nitrogens with one attached hydrogen (secondary N) is 2. The first-order valence-corrected chi connectivity index (χ1v) is 5.19. The summed E-state index contributed by atoms with van der Waals surface area (Å²) in [5.41, 5.74) is -0.0658. The van der Waals surface area contributed by atoms with Gasteiger partial charge in [0.15, 0.2) is 5.69 Å². The van der Waals surface area contributed by atoms with Crippen molar-refractivity contribution in [2.45, 2.75) is 12.6 Å². The van der Waals surface area contributed by atoms with Gasteiger partial charge in [0.1, 0.15) is 5.82 Å². The maximum Gasteiger partial charge on any atom is 0.435 e. The van der Waals surface area contributed by atoms with E-state index in [1.165, 1.54) is 6.07 Å². The molecule has 8 heteroatoms. The lowest BCUT2D eigenvalue weighted by Gasteiger charge is -2.06. The minimum absolute atomic E-state index is 0.308. The van der Waals surface area contributed by atoms with E-state index in [-0.39, 0.29) is 0 Å². The van der Waals surface area contributed by atoms with Crippen LogP contribution in [0.4, 0.5) is 19.0 Å². The predicted molar refractivity (Wildman–Crippen MR) is 57.8 cm³/mol. The molecule has 2 N–H and O–H groups in total. The maximum atomic E-state index is 12.2. The van der Waals surface area contributed by atoms with Crippen LogP contribution in [0.1, 0.15) is 11.4 Å². The van der Waals surface area contributed by atoms with Gasteiger partial charge in [0.05, 0.1) is 0 Å². The van der Waals surface area contributed by atoms with Gasteiger partial charge in [-0.15, -0.1) is 10.2 Å². The van der Waals surface area contributed by atoms with E-state index in [4.69, 9.17) is 0 Å². The SMILES string of the molecule is FC(F)(F)c1ccc(NCCc2ccn[nH]2)nn1. The molecule has 2 heterocycles. The Hall–Kier alpha value is -2.12. The fourth-order valence-corrected chi connectivity index (χ4v) is 1.33. The summed E-state index contributed by atoms with van der Waals surface area (Å²) in [4.78, 5) is 0. The van der Waals surface area contributed by atoms with Crippen molar-refractivity contribution in [3.63, 3.8) is 0 Å². The van der Waals surface area contributed by atoms with E-state index in [1.54, 1.807) is 6.20 Å². The van der Waals surface area contributed by atoms with Crippen LogP contribution in [0.25, 0.3) is 0 Å². The average molecular weight is 257 g/mol. The summed E-state index contributed by atoms with van der Waals surface area (Å²) in [6.07, 6.45) is -2.16. The van der Waals surface area contributed by atoms with Gasteiger partial charge in [-0.1, -0.05) is 0 Å². The Morgan fingerprint density at radius 3 is 2.56 bits per heavy atom. The van der Waals surface area contributed by atoms with E-state index in [1.807, 2.05) is 6.07 Å². The molecule has 0 saturated heterocycles. The standard InChI is InChI=1S/C10H10F3N5/c11-10(12,13)8-1-2-9(18-17-8)14-5-3-7-4-6-15-16-7/h1-2,4,6H,3,5H2,(H,14,18)(H,15,16). The van der Waals surface area contributed by atoms with Crippen LogP contribution in [-0.2, 0) is 12.6 Å². The molecule has 0 aromatic carbocycles. The molecule has 0 aliphatic carbocycles. The number of H-pyrrole nitrogens is 1. The molecule has 0 amide bonds. The summed E-state index contributed by atoms with van der Waals surface area (Å²) >= 11 is 0. The number of aromatic nitrogens is 4. The predicted octanol–water partition coefficient (Wildman–Crippen LogP) is 1.87. The second kappa shape index (κ2) is 5.03. The lowest BCUT2D eigenvalue weighted by atomic mass is 10.3. The van der Waals surface area contributed by atoms with Gasteiger partial charge >= 0.3 is 6.18 Å². The second-order valence-electron chi connectivity index (χ2n) is 3.56. The molecule has 0 spiro atoms. The van der Waals surface area contributed by atoms with Gasteiger partial charge < -0.3 is 5.32 Å². The minimum atomic E-state index is -4.46. The number of hydrogen-bond donors (Lipinski definition) is 2. The Morgan fingerprint density at radius 1 is 1.17 bits per heavy atom. The minimum Gasteiger partial charge on any atom is -0.368 e. The molecular weight excluding hydrogens is 247 g/mol. The Labute approximate surface area is 100 Å². The number of rotatable bonds is 4. The molecule has 2 aromatic heterocycles. The van der Waals surface area contributed by atoms with E-state index < -0.39 is 11.9 Å². The Balaban J connectivity index is 1.87. The number of nitrogens with zero attached hydrogens (tertiary/aromatic N) is 3. The van der Waals surface area contributed by atoms with Crippen molar-refractivity contribution in [2.75, 3.05) is 11.9 Å². The topological polar surface area (TPSA) is 66.5 Å². The van der Waals surface area contributed by atoms with Gasteiger partial charge in [-0.05, 0) is 18.2 Å². The van der Waals surface area contributed by atoms with Crippen molar-refractivity contribution in [1.82, 2.24) is 20.4 Å². The molecule has 0 atom stereocenters. The van der Waals surface area contributed by atoms with Crippen LogP contribution in [0.3, 0.4) is 0 Å². The van der Waals surface area contributed by atoms with Crippen molar-refractivity contribution < 1.29 is 13.2 Å². The third kappa shape index (κ3) is 3.19. The number of anilines is 1. The van der Waals surface area contributed by atoms with Gasteiger partial charge in [-0.2, -0.15) is 18.3 Å². The van der Waals surface area contributed by atoms with Crippen LogP contribution in [0.5, 0.6) is 0 Å². The second-order valence-corrected chi connectivity index (χ2v) is 3.56. The van der Waals surface area contributed by atoms with E-state index in [2.05, 4.69) is 25.7 Å². The third-order valence-electron chi connectivity index (χ3n) is 2.21. The Morgan fingerprint density at radius 2 is 2.00 bits per heavy atom. The van der Waals surface area contributed by atoms with E-state index in [0.717, 1.165) is 11.8 Å². The number of halogens is 3. The van der Waals surface area contributed by atoms with Crippen molar-refractivity contribution in [3.8, 4) is 0 Å². The summed E-state index contributed by atoms with van der Waals surface area (Å²) in [7, 11) is 0. The first-order chi connectivity index (χ1) is 8.55. The molecule has 0 saturated carbocycles. The molecule has 5 nitrogen and oxygen atoms in total. The van der Waals surface area contributed by atoms with Gasteiger partial charge in [0.25, 0.3) is 0 Å². The first kappa shape index (κ1) is 12.3. The summed E-state index contributed by atoms with van der Waals surface area (Å²) in [5, 5.41) is 16.0. The molecule has 0 fully saturated rings. The van der Waals surface area contributed by atoms with Gasteiger partial charge in [0.2, 0.25) is 0 Å². The van der Waals surface area contributed by atoms with Crippen LogP contribution < -0.4 is 5.32 Å². The number of alkyl halides is 3. The van der Waals surface area contributed by atoms with Gasteiger partial charge in [0, 0.05) is 24.9 Å². The lowest BCUT2D eigenvalue weighted by Crippen LogP contribution is -2.11. The normalized spacial score (nSPS) is 11.5. The highest BCUT2D eigenvalue weighted by Crippen LogP contribution is 2.26. The lowest BCUT2D eigenvalue weighted by molar-refractivity contribution is -0.141. The van der Waals surface area contributed by atoms with Crippen LogP contribution in [-0.4, -0.2) is 26.9 Å². The van der Waals surface area contributed by atoms with Gasteiger partial charge in [-0.3, -0.25) is 5.10 Å². The summed E-state index contributed by atoms with van der Waals surface area (Å²) in [6, 6.07) is 3.97. The molecule has 0 radical (unpaired) electrons. The van der Waals surface area contributed by atoms with Crippen LogP contribution in [0.2, 0.25) is 0 Å². The molecule has 2 rings (SSSR count). The fraction of sp³-hybridized carbons (Fsp3) is 0.300. The highest BCUT2D eigenvalue weighted by Gasteiger charge is 2.32. The highest BCUT2D eigenvalue weighted by atomic mass is 19.4. The van der Waals surface area contributed by atoms with Crippen molar-refractivity contribution >= 4 is 5.82 Å². The smallest absolute Gasteiger partial charge is 0.368 e. The molecule has 0 bridgehead atoms. The summed E-state index contributed by atoms with van der Waals surface area (Å²) in [6.45, 7) is 0.530. The molecule has 0 aliphatic rings. The van der Waals surface area contributed by atoms with Crippen LogP contribution >= 0.6 is 0 Å². The largest absolute Gasteiger partial charge is 0.435 e. The maximum absolute atomic E-state index is 12.2. The third-order valence-corrected chi connectivity index (χ3v) is 2.21.